The molecular weight excluding hydrogens is 539 g/mol. The van der Waals surface area contributed by atoms with Crippen molar-refractivity contribution < 1.29 is 27.5 Å². The number of halogens is 4. The predicted molar refractivity (Wildman–Crippen MR) is 124 cm³/mol. The highest BCUT2D eigenvalue weighted by Gasteiger charge is 2.39. The number of ether oxygens (including phenoxy) is 1. The normalized spacial score (nSPS) is 12.2. The van der Waals surface area contributed by atoms with E-state index in [1.165, 1.54) is 20.4 Å². The van der Waals surface area contributed by atoms with E-state index >= 15 is 0 Å². The molecule has 1 heterocycles. The summed E-state index contributed by atoms with van der Waals surface area (Å²) in [5.74, 6) is -1.84. The van der Waals surface area contributed by atoms with Crippen LogP contribution in [-0.2, 0) is 26.3 Å². The number of aromatic nitrogens is 3. The Labute approximate surface area is 205 Å². The van der Waals surface area contributed by atoms with Gasteiger partial charge in [-0.3, -0.25) is 0 Å². The number of methoxy groups -OCH3 is 1. The van der Waals surface area contributed by atoms with Gasteiger partial charge < -0.3 is 9.57 Å². The second-order valence-electron chi connectivity index (χ2n) is 6.47. The molecule has 0 aliphatic carbocycles. The van der Waals surface area contributed by atoms with Gasteiger partial charge in [0.05, 0.1) is 13.3 Å². The lowest BCUT2D eigenvalue weighted by Gasteiger charge is -2.10. The molecule has 8 nitrogen and oxygen atoms in total. The van der Waals surface area contributed by atoms with Crippen molar-refractivity contribution >= 4 is 45.6 Å². The zero-order valence-electron chi connectivity index (χ0n) is 17.8. The van der Waals surface area contributed by atoms with E-state index in [9.17, 15) is 18.0 Å². The van der Waals surface area contributed by atoms with Crippen molar-refractivity contribution in [3.63, 3.8) is 0 Å². The second-order valence-corrected chi connectivity index (χ2v) is 8.33. The summed E-state index contributed by atoms with van der Waals surface area (Å²) in [6.45, 7) is 0. The number of rotatable bonds is 8. The predicted octanol–water partition coefficient (Wildman–Crippen LogP) is 4.76. The molecule has 0 aliphatic heterocycles. The van der Waals surface area contributed by atoms with Crippen molar-refractivity contribution in [2.45, 2.75) is 17.1 Å². The molecule has 13 heteroatoms. The molecule has 3 rings (SSSR count). The molecule has 0 fully saturated rings. The maximum absolute atomic E-state index is 13.5. The molecule has 0 atom stereocenters. The smallest absolute Gasteiger partial charge is 0.453 e. The zero-order chi connectivity index (χ0) is 24.7. The lowest BCUT2D eigenvalue weighted by atomic mass is 10.0. The maximum Gasteiger partial charge on any atom is 0.453 e. The summed E-state index contributed by atoms with van der Waals surface area (Å²) < 4.78 is 46.7. The van der Waals surface area contributed by atoms with Crippen molar-refractivity contribution in [1.82, 2.24) is 14.9 Å². The van der Waals surface area contributed by atoms with E-state index in [2.05, 4.69) is 36.4 Å². The van der Waals surface area contributed by atoms with Crippen LogP contribution in [0.15, 0.2) is 68.4 Å². The number of hydrogen-bond donors (Lipinski definition) is 0. The average molecular weight is 556 g/mol. The molecule has 0 amide bonds. The molecule has 34 heavy (non-hydrogen) atoms. The standard InChI is InChI=1S/C21H17BrF3N5O3S/c1-32-18(31)17(29-33-2)16-6-4-3-5-14(16)12-34-20-28-27-19(21(23,24)25)30(20)26-11-13-7-9-15(22)10-8-13/h3-11H,12H2,1-2H3/b26-11+,29-17+. The van der Waals surface area contributed by atoms with Gasteiger partial charge in [0, 0.05) is 15.8 Å². The Morgan fingerprint density at radius 3 is 2.50 bits per heavy atom. The van der Waals surface area contributed by atoms with Gasteiger partial charge in [0.2, 0.25) is 5.16 Å². The van der Waals surface area contributed by atoms with Crippen molar-refractivity contribution in [3.8, 4) is 0 Å². The Hall–Kier alpha value is -3.19. The first-order chi connectivity index (χ1) is 16.2. The van der Waals surface area contributed by atoms with Crippen LogP contribution in [0.3, 0.4) is 0 Å². The SMILES string of the molecule is CO/N=C(/C(=O)OC)c1ccccc1CSc1nnc(C(F)(F)F)n1/N=C/c1ccc(Br)cc1. The highest BCUT2D eigenvalue weighted by atomic mass is 79.9. The van der Waals surface area contributed by atoms with Crippen LogP contribution in [0.5, 0.6) is 0 Å². The van der Waals surface area contributed by atoms with Crippen LogP contribution in [0.4, 0.5) is 13.2 Å². The zero-order valence-corrected chi connectivity index (χ0v) is 20.2. The van der Waals surface area contributed by atoms with Gasteiger partial charge in [-0.25, -0.2) is 4.79 Å². The lowest BCUT2D eigenvalue weighted by Crippen LogP contribution is -2.19. The summed E-state index contributed by atoms with van der Waals surface area (Å²) in [6.07, 6.45) is -3.48. The van der Waals surface area contributed by atoms with E-state index in [-0.39, 0.29) is 16.6 Å². The first-order valence-electron chi connectivity index (χ1n) is 9.47. The Bertz CT molecular complexity index is 1210. The van der Waals surface area contributed by atoms with Gasteiger partial charge in [0.15, 0.2) is 5.71 Å². The van der Waals surface area contributed by atoms with Crippen molar-refractivity contribution in [1.29, 1.82) is 0 Å². The van der Waals surface area contributed by atoms with Crippen LogP contribution >= 0.6 is 27.7 Å². The van der Waals surface area contributed by atoms with E-state index in [1.807, 2.05) is 0 Å². The third kappa shape index (κ3) is 6.23. The molecule has 0 N–H and O–H groups in total. The number of carbonyl (C=O) groups excluding carboxylic acids is 1. The number of benzene rings is 2. The van der Waals surface area contributed by atoms with Gasteiger partial charge in [0.25, 0.3) is 5.82 Å². The molecule has 0 saturated heterocycles. The average Bonchev–Trinajstić information content (AvgIpc) is 3.24. The number of nitrogens with zero attached hydrogens (tertiary/aromatic N) is 5. The van der Waals surface area contributed by atoms with Gasteiger partial charge in [0.1, 0.15) is 7.11 Å². The molecule has 178 valence electrons. The topological polar surface area (TPSA) is 91.0 Å². The lowest BCUT2D eigenvalue weighted by molar-refractivity contribution is -0.147. The summed E-state index contributed by atoms with van der Waals surface area (Å²) >= 11 is 4.26. The van der Waals surface area contributed by atoms with Crippen LogP contribution in [0.2, 0.25) is 0 Å². The fourth-order valence-corrected chi connectivity index (χ4v) is 3.87. The third-order valence-electron chi connectivity index (χ3n) is 4.25. The Kier molecular flexibility index (Phi) is 8.45. The summed E-state index contributed by atoms with van der Waals surface area (Å²) in [6, 6.07) is 13.6. The Morgan fingerprint density at radius 1 is 1.15 bits per heavy atom. The maximum atomic E-state index is 13.5. The molecule has 0 spiro atoms. The molecule has 0 unspecified atom stereocenters. The van der Waals surface area contributed by atoms with E-state index in [0.29, 0.717) is 21.4 Å². The molecule has 0 aliphatic rings. The van der Waals surface area contributed by atoms with Crippen molar-refractivity contribution in [3.05, 3.63) is 75.5 Å². The van der Waals surface area contributed by atoms with E-state index in [1.54, 1.807) is 48.5 Å². The van der Waals surface area contributed by atoms with E-state index in [0.717, 1.165) is 16.2 Å². The Morgan fingerprint density at radius 2 is 1.85 bits per heavy atom. The summed E-state index contributed by atoms with van der Waals surface area (Å²) in [5.41, 5.74) is 1.51. The highest BCUT2D eigenvalue weighted by molar-refractivity contribution is 9.10. The molecule has 0 radical (unpaired) electrons. The fourth-order valence-electron chi connectivity index (χ4n) is 2.71. The summed E-state index contributed by atoms with van der Waals surface area (Å²) in [7, 11) is 2.49. The summed E-state index contributed by atoms with van der Waals surface area (Å²) in [5, 5.41) is 14.6. The monoisotopic (exact) mass is 555 g/mol. The number of esters is 1. The van der Waals surface area contributed by atoms with Gasteiger partial charge in [-0.05, 0) is 23.3 Å². The first-order valence-corrected chi connectivity index (χ1v) is 11.3. The van der Waals surface area contributed by atoms with Crippen LogP contribution in [0, 0.1) is 0 Å². The van der Waals surface area contributed by atoms with Gasteiger partial charge in [-0.15, -0.1) is 10.2 Å². The number of oxime groups is 1. The van der Waals surface area contributed by atoms with Crippen LogP contribution in [0.1, 0.15) is 22.5 Å². The molecular formula is C21H17BrF3N5O3S. The molecule has 0 bridgehead atoms. The largest absolute Gasteiger partial charge is 0.464 e. The minimum Gasteiger partial charge on any atom is -0.464 e. The molecule has 1 aromatic heterocycles. The molecule has 0 saturated carbocycles. The number of thioether (sulfide) groups is 1. The van der Waals surface area contributed by atoms with Gasteiger partial charge in [-0.1, -0.05) is 69.2 Å². The third-order valence-corrected chi connectivity index (χ3v) is 5.75. The van der Waals surface area contributed by atoms with Crippen LogP contribution in [-0.4, -0.2) is 47.0 Å². The van der Waals surface area contributed by atoms with Gasteiger partial charge >= 0.3 is 12.1 Å². The van der Waals surface area contributed by atoms with Gasteiger partial charge in [-0.2, -0.15) is 22.9 Å². The van der Waals surface area contributed by atoms with Crippen LogP contribution in [0.25, 0.3) is 0 Å². The van der Waals surface area contributed by atoms with Crippen LogP contribution < -0.4 is 0 Å². The minimum atomic E-state index is -4.76. The summed E-state index contributed by atoms with van der Waals surface area (Å²) in [4.78, 5) is 16.9. The molecule has 3 aromatic rings. The van der Waals surface area contributed by atoms with E-state index in [4.69, 9.17) is 9.57 Å². The fraction of sp³-hybridized carbons (Fsp3) is 0.190. The number of alkyl halides is 3. The number of carbonyl (C=O) groups is 1. The number of hydrogen-bond acceptors (Lipinski definition) is 8. The highest BCUT2D eigenvalue weighted by Crippen LogP contribution is 2.32. The quantitative estimate of drug-likeness (QED) is 0.172. The minimum absolute atomic E-state index is 0.0769. The molecule has 2 aromatic carbocycles. The van der Waals surface area contributed by atoms with E-state index < -0.39 is 18.0 Å². The van der Waals surface area contributed by atoms with Crippen molar-refractivity contribution in [2.75, 3.05) is 14.2 Å². The van der Waals surface area contributed by atoms with Crippen molar-refractivity contribution in [2.24, 2.45) is 10.3 Å². The second kappa shape index (κ2) is 11.3. The first kappa shape index (κ1) is 25.4. The Balaban J connectivity index is 1.93.